The van der Waals surface area contributed by atoms with Gasteiger partial charge in [0.15, 0.2) is 23.9 Å². The smallest absolute Gasteiger partial charge is 0.281 e. The number of ether oxygens (including phenoxy) is 3. The second-order valence-corrected chi connectivity index (χ2v) is 8.97. The first-order chi connectivity index (χ1) is 16.4. The van der Waals surface area contributed by atoms with E-state index >= 15 is 0 Å². The largest absolute Gasteiger partial charge is 0.493 e. The Labute approximate surface area is 206 Å². The number of hydrazone groups is 1. The second kappa shape index (κ2) is 10.3. The maximum absolute atomic E-state index is 13.3. The van der Waals surface area contributed by atoms with Gasteiger partial charge in [0.25, 0.3) is 5.91 Å². The number of Topliss-reactive ketones (excluding diaryl/α,β-unsaturated/α-hetero) is 1. The Hall–Kier alpha value is -3.36. The summed E-state index contributed by atoms with van der Waals surface area (Å²) in [5, 5.41) is 8.48. The van der Waals surface area contributed by atoms with Crippen molar-refractivity contribution in [3.63, 3.8) is 0 Å². The normalized spacial score (nSPS) is 15.1. The number of thiophene rings is 1. The number of ketones is 1. The van der Waals surface area contributed by atoms with Gasteiger partial charge in [0.2, 0.25) is 0 Å². The Morgan fingerprint density at radius 1 is 1.09 bits per heavy atom. The summed E-state index contributed by atoms with van der Waals surface area (Å²) in [5.74, 6) is 0.933. The Morgan fingerprint density at radius 2 is 1.85 bits per heavy atom. The zero-order valence-corrected chi connectivity index (χ0v) is 20.5. The molecular weight excluding hydrogens is 476 g/mol. The summed E-state index contributed by atoms with van der Waals surface area (Å²) in [6.07, 6.45) is 0.543. The first-order valence-electron chi connectivity index (χ1n) is 10.5. The highest BCUT2D eigenvalue weighted by molar-refractivity contribution is 7.12. The van der Waals surface area contributed by atoms with Crippen LogP contribution in [-0.4, -0.2) is 43.2 Å². The molecule has 1 aliphatic heterocycles. The van der Waals surface area contributed by atoms with E-state index in [2.05, 4.69) is 5.10 Å². The van der Waals surface area contributed by atoms with Crippen LogP contribution >= 0.6 is 22.9 Å². The summed E-state index contributed by atoms with van der Waals surface area (Å²) in [4.78, 5) is 26.2. The zero-order chi connectivity index (χ0) is 24.2. The Morgan fingerprint density at radius 3 is 2.53 bits per heavy atom. The molecule has 9 heteroatoms. The standard InChI is InChI=1S/C25H23ClN2O5S/c1-15(29)18-12-17(26)7-9-21(18)33-14-25(30)28-20(13-19(27-28)24-5-4-10-34-24)16-6-8-22(31-2)23(11-16)32-3/h4-12,20H,13-14H2,1-3H3. The monoisotopic (exact) mass is 498 g/mol. The van der Waals surface area contributed by atoms with Gasteiger partial charge in [-0.25, -0.2) is 5.01 Å². The molecule has 0 fully saturated rings. The van der Waals surface area contributed by atoms with Crippen LogP contribution in [0.4, 0.5) is 0 Å². The van der Waals surface area contributed by atoms with E-state index in [1.165, 1.54) is 18.0 Å². The molecule has 176 valence electrons. The predicted molar refractivity (Wildman–Crippen MR) is 132 cm³/mol. The van der Waals surface area contributed by atoms with E-state index in [1.54, 1.807) is 37.7 Å². The van der Waals surface area contributed by atoms with Gasteiger partial charge in [0, 0.05) is 11.4 Å². The highest BCUT2D eigenvalue weighted by Gasteiger charge is 2.34. The molecule has 0 spiro atoms. The first kappa shape index (κ1) is 23.8. The van der Waals surface area contributed by atoms with E-state index in [0.717, 1.165) is 16.2 Å². The number of hydrogen-bond donors (Lipinski definition) is 0. The first-order valence-corrected chi connectivity index (χ1v) is 11.8. The summed E-state index contributed by atoms with van der Waals surface area (Å²) < 4.78 is 16.5. The highest BCUT2D eigenvalue weighted by Crippen LogP contribution is 2.38. The molecule has 1 amide bonds. The second-order valence-electron chi connectivity index (χ2n) is 7.58. The van der Waals surface area contributed by atoms with Crippen molar-refractivity contribution in [3.05, 3.63) is 74.9 Å². The Kier molecular flexibility index (Phi) is 7.19. The summed E-state index contributed by atoms with van der Waals surface area (Å²) in [6, 6.07) is 13.9. The average molecular weight is 499 g/mol. The lowest BCUT2D eigenvalue weighted by molar-refractivity contribution is -0.135. The van der Waals surface area contributed by atoms with Crippen molar-refractivity contribution >= 4 is 40.3 Å². The van der Waals surface area contributed by atoms with Crippen molar-refractivity contribution in [2.24, 2.45) is 5.10 Å². The zero-order valence-electron chi connectivity index (χ0n) is 18.9. The van der Waals surface area contributed by atoms with Gasteiger partial charge in [-0.05, 0) is 54.3 Å². The predicted octanol–water partition coefficient (Wildman–Crippen LogP) is 5.38. The minimum atomic E-state index is -0.342. The summed E-state index contributed by atoms with van der Waals surface area (Å²) in [6.45, 7) is 1.14. The van der Waals surface area contributed by atoms with Crippen LogP contribution in [0.25, 0.3) is 0 Å². The van der Waals surface area contributed by atoms with Crippen molar-refractivity contribution in [3.8, 4) is 17.2 Å². The molecule has 0 saturated heterocycles. The van der Waals surface area contributed by atoms with Gasteiger partial charge in [-0.15, -0.1) is 11.3 Å². The third-order valence-electron chi connectivity index (χ3n) is 5.44. The van der Waals surface area contributed by atoms with Crippen molar-refractivity contribution in [2.75, 3.05) is 20.8 Å². The number of hydrogen-bond acceptors (Lipinski definition) is 7. The quantitative estimate of drug-likeness (QED) is 0.390. The molecule has 3 aromatic rings. The van der Waals surface area contributed by atoms with Crippen molar-refractivity contribution < 1.29 is 23.8 Å². The molecule has 4 rings (SSSR count). The van der Waals surface area contributed by atoms with Crippen LogP contribution < -0.4 is 14.2 Å². The molecule has 2 heterocycles. The molecule has 0 bridgehead atoms. The highest BCUT2D eigenvalue weighted by atomic mass is 35.5. The van der Waals surface area contributed by atoms with Crippen LogP contribution in [0.1, 0.15) is 40.2 Å². The van der Waals surface area contributed by atoms with Gasteiger partial charge in [0.1, 0.15) is 5.75 Å². The third kappa shape index (κ3) is 4.93. The number of nitrogens with zero attached hydrogens (tertiary/aromatic N) is 2. The number of halogens is 1. The van der Waals surface area contributed by atoms with Gasteiger partial charge in [-0.2, -0.15) is 5.10 Å². The van der Waals surface area contributed by atoms with E-state index in [-0.39, 0.29) is 24.3 Å². The lowest BCUT2D eigenvalue weighted by Gasteiger charge is -2.23. The van der Waals surface area contributed by atoms with Crippen molar-refractivity contribution in [1.29, 1.82) is 0 Å². The van der Waals surface area contributed by atoms with Gasteiger partial charge >= 0.3 is 0 Å². The molecule has 1 unspecified atom stereocenters. The number of carbonyl (C=O) groups excluding carboxylic acids is 2. The van der Waals surface area contributed by atoms with Crippen molar-refractivity contribution in [1.82, 2.24) is 5.01 Å². The van der Waals surface area contributed by atoms with Crippen LogP contribution in [0, 0.1) is 0 Å². The lowest BCUT2D eigenvalue weighted by Crippen LogP contribution is -2.31. The molecule has 2 aromatic carbocycles. The van der Waals surface area contributed by atoms with Crippen LogP contribution in [-0.2, 0) is 4.79 Å². The van der Waals surface area contributed by atoms with Gasteiger partial charge in [-0.1, -0.05) is 23.7 Å². The van der Waals surface area contributed by atoms with E-state index in [0.29, 0.717) is 34.3 Å². The molecule has 1 atom stereocenters. The third-order valence-corrected chi connectivity index (χ3v) is 6.59. The number of methoxy groups -OCH3 is 2. The molecule has 0 aliphatic carbocycles. The fraction of sp³-hybridized carbons (Fsp3) is 0.240. The van der Waals surface area contributed by atoms with Gasteiger partial charge in [-0.3, -0.25) is 9.59 Å². The average Bonchev–Trinajstić information content (AvgIpc) is 3.52. The summed E-state index contributed by atoms with van der Waals surface area (Å²) in [7, 11) is 3.14. The van der Waals surface area contributed by atoms with E-state index in [1.807, 2.05) is 35.7 Å². The molecule has 0 saturated carbocycles. The van der Waals surface area contributed by atoms with Gasteiger partial charge in [0.05, 0.1) is 36.4 Å². The fourth-order valence-corrected chi connectivity index (χ4v) is 4.65. The summed E-state index contributed by atoms with van der Waals surface area (Å²) >= 11 is 7.57. The maximum Gasteiger partial charge on any atom is 0.281 e. The van der Waals surface area contributed by atoms with Crippen LogP contribution in [0.3, 0.4) is 0 Å². The Bertz CT molecular complexity index is 1240. The number of carbonyl (C=O) groups is 2. The Balaban J connectivity index is 1.61. The molecule has 0 radical (unpaired) electrons. The SMILES string of the molecule is COc1ccc(C2CC(c3cccs3)=NN2C(=O)COc2ccc(Cl)cc2C(C)=O)cc1OC. The fourth-order valence-electron chi connectivity index (χ4n) is 3.76. The van der Waals surface area contributed by atoms with Crippen LogP contribution in [0.15, 0.2) is 59.0 Å². The van der Waals surface area contributed by atoms with E-state index in [9.17, 15) is 9.59 Å². The number of rotatable bonds is 8. The molecule has 1 aliphatic rings. The topological polar surface area (TPSA) is 77.4 Å². The maximum atomic E-state index is 13.3. The van der Waals surface area contributed by atoms with Gasteiger partial charge < -0.3 is 14.2 Å². The van der Waals surface area contributed by atoms with E-state index in [4.69, 9.17) is 25.8 Å². The van der Waals surface area contributed by atoms with Crippen LogP contribution in [0.5, 0.6) is 17.2 Å². The van der Waals surface area contributed by atoms with Crippen LogP contribution in [0.2, 0.25) is 5.02 Å². The minimum absolute atomic E-state index is 0.202. The minimum Gasteiger partial charge on any atom is -0.493 e. The molecule has 34 heavy (non-hydrogen) atoms. The molecule has 1 aromatic heterocycles. The number of benzene rings is 2. The number of amides is 1. The molecular formula is C25H23ClN2O5S. The molecule has 0 N–H and O–H groups in total. The molecule has 7 nitrogen and oxygen atoms in total. The lowest BCUT2D eigenvalue weighted by atomic mass is 10.0. The van der Waals surface area contributed by atoms with E-state index < -0.39 is 0 Å². The summed E-state index contributed by atoms with van der Waals surface area (Å²) in [5.41, 5.74) is 2.00. The van der Waals surface area contributed by atoms with Crippen molar-refractivity contribution in [2.45, 2.75) is 19.4 Å².